The zero-order valence-corrected chi connectivity index (χ0v) is 12.3. The molecular weight excluding hydrogens is 278 g/mol. The Bertz CT molecular complexity index is 646. The van der Waals surface area contributed by atoms with E-state index < -0.39 is 10.3 Å². The van der Waals surface area contributed by atoms with Crippen molar-refractivity contribution in [3.8, 4) is 17.1 Å². The molecule has 2 aromatic rings. The fraction of sp³-hybridized carbons (Fsp3) is 0.286. The molecule has 0 atom stereocenters. The van der Waals surface area contributed by atoms with Crippen LogP contribution in [0.15, 0.2) is 47.1 Å². The van der Waals surface area contributed by atoms with E-state index in [0.717, 1.165) is 0 Å². The van der Waals surface area contributed by atoms with E-state index in [-0.39, 0.29) is 5.75 Å². The molecule has 0 N–H and O–H groups in total. The van der Waals surface area contributed by atoms with Crippen LogP contribution in [0.2, 0.25) is 0 Å². The monoisotopic (exact) mass is 295 g/mol. The summed E-state index contributed by atoms with van der Waals surface area (Å²) in [5, 5.41) is 0. The predicted molar refractivity (Wildman–Crippen MR) is 76.6 cm³/mol. The topological polar surface area (TPSA) is 59.8 Å². The van der Waals surface area contributed by atoms with Gasteiger partial charge in [-0.15, -0.1) is 0 Å². The molecule has 1 aromatic carbocycles. The molecule has 1 heterocycles. The Labute approximate surface area is 119 Å². The lowest BCUT2D eigenvalue weighted by Crippen LogP contribution is -2.34. The number of benzene rings is 1. The van der Waals surface area contributed by atoms with Crippen molar-refractivity contribution in [2.45, 2.75) is 13.8 Å². The summed E-state index contributed by atoms with van der Waals surface area (Å²) in [6.45, 7) is 4.26. The molecule has 0 aliphatic rings. The molecule has 0 fully saturated rings. The van der Waals surface area contributed by atoms with Gasteiger partial charge in [-0.1, -0.05) is 26.0 Å². The Hall–Kier alpha value is -1.79. The number of nitrogens with zero attached hydrogens (tertiary/aromatic N) is 1. The third-order valence-corrected chi connectivity index (χ3v) is 4.43. The molecule has 0 aliphatic carbocycles. The normalized spacial score (nSPS) is 11.8. The first-order valence-electron chi connectivity index (χ1n) is 6.41. The fourth-order valence-corrected chi connectivity index (χ4v) is 2.99. The molecular formula is C14H17NO4S. The van der Waals surface area contributed by atoms with E-state index in [1.54, 1.807) is 50.2 Å². The standard InChI is InChI=1S/C14H17NO4S/c1-3-15(4-2)20(16,17)19-14-9-6-5-8-12(14)13-10-7-11-18-13/h5-11H,3-4H2,1-2H3. The predicted octanol–water partition coefficient (Wildman–Crippen LogP) is 2.91. The second kappa shape index (κ2) is 6.11. The first-order valence-corrected chi connectivity index (χ1v) is 7.77. The maximum absolute atomic E-state index is 12.2. The molecule has 108 valence electrons. The number of para-hydroxylation sites is 1. The lowest BCUT2D eigenvalue weighted by Gasteiger charge is -2.18. The van der Waals surface area contributed by atoms with Crippen LogP contribution in [0, 0.1) is 0 Å². The summed E-state index contributed by atoms with van der Waals surface area (Å²) in [6.07, 6.45) is 1.53. The Morgan fingerprint density at radius 3 is 2.40 bits per heavy atom. The van der Waals surface area contributed by atoms with E-state index in [4.69, 9.17) is 8.60 Å². The number of furan rings is 1. The van der Waals surface area contributed by atoms with Gasteiger partial charge in [0.05, 0.1) is 11.8 Å². The van der Waals surface area contributed by atoms with E-state index >= 15 is 0 Å². The minimum absolute atomic E-state index is 0.259. The van der Waals surface area contributed by atoms with Gasteiger partial charge in [0.15, 0.2) is 5.75 Å². The Balaban J connectivity index is 2.36. The van der Waals surface area contributed by atoms with Crippen molar-refractivity contribution in [1.82, 2.24) is 4.31 Å². The van der Waals surface area contributed by atoms with Gasteiger partial charge in [0.2, 0.25) is 0 Å². The van der Waals surface area contributed by atoms with Crippen molar-refractivity contribution in [2.75, 3.05) is 13.1 Å². The summed E-state index contributed by atoms with van der Waals surface area (Å²) in [5.41, 5.74) is 0.605. The summed E-state index contributed by atoms with van der Waals surface area (Å²) in [7, 11) is -3.80. The highest BCUT2D eigenvalue weighted by molar-refractivity contribution is 7.84. The lowest BCUT2D eigenvalue weighted by atomic mass is 10.1. The highest BCUT2D eigenvalue weighted by Gasteiger charge is 2.22. The summed E-state index contributed by atoms with van der Waals surface area (Å²) in [6, 6.07) is 10.4. The van der Waals surface area contributed by atoms with Gasteiger partial charge in [-0.05, 0) is 24.3 Å². The van der Waals surface area contributed by atoms with E-state index in [0.29, 0.717) is 24.4 Å². The van der Waals surface area contributed by atoms with Gasteiger partial charge in [0.25, 0.3) is 0 Å². The minimum atomic E-state index is -3.80. The molecule has 5 nitrogen and oxygen atoms in total. The smallest absolute Gasteiger partial charge is 0.385 e. The van der Waals surface area contributed by atoms with Crippen LogP contribution in [0.5, 0.6) is 5.75 Å². The fourth-order valence-electron chi connectivity index (χ4n) is 1.88. The molecule has 0 amide bonds. The first kappa shape index (κ1) is 14.6. The van der Waals surface area contributed by atoms with Gasteiger partial charge >= 0.3 is 10.3 Å². The SMILES string of the molecule is CCN(CC)S(=O)(=O)Oc1ccccc1-c1ccco1. The highest BCUT2D eigenvalue weighted by Crippen LogP contribution is 2.31. The van der Waals surface area contributed by atoms with Crippen molar-refractivity contribution in [3.05, 3.63) is 42.7 Å². The van der Waals surface area contributed by atoms with Crippen molar-refractivity contribution in [1.29, 1.82) is 0 Å². The molecule has 0 aliphatic heterocycles. The Morgan fingerprint density at radius 1 is 1.10 bits per heavy atom. The average molecular weight is 295 g/mol. The summed E-state index contributed by atoms with van der Waals surface area (Å²) in [5.74, 6) is 0.824. The van der Waals surface area contributed by atoms with Gasteiger partial charge in [-0.2, -0.15) is 12.7 Å². The third kappa shape index (κ3) is 3.02. The van der Waals surface area contributed by atoms with E-state index in [1.807, 2.05) is 0 Å². The van der Waals surface area contributed by atoms with Crippen molar-refractivity contribution >= 4 is 10.3 Å². The summed E-state index contributed by atoms with van der Waals surface area (Å²) >= 11 is 0. The van der Waals surface area contributed by atoms with Crippen LogP contribution in [-0.4, -0.2) is 25.8 Å². The van der Waals surface area contributed by atoms with E-state index in [9.17, 15) is 8.42 Å². The van der Waals surface area contributed by atoms with Crippen LogP contribution in [0.3, 0.4) is 0 Å². The van der Waals surface area contributed by atoms with Crippen molar-refractivity contribution in [2.24, 2.45) is 0 Å². The zero-order valence-electron chi connectivity index (χ0n) is 11.4. The molecule has 0 radical (unpaired) electrons. The third-order valence-electron chi connectivity index (χ3n) is 2.89. The number of rotatable bonds is 6. The summed E-state index contributed by atoms with van der Waals surface area (Å²) in [4.78, 5) is 0. The Kier molecular flexibility index (Phi) is 4.46. The molecule has 2 rings (SSSR count). The van der Waals surface area contributed by atoms with Crippen LogP contribution in [0.25, 0.3) is 11.3 Å². The van der Waals surface area contributed by atoms with Crippen LogP contribution >= 0.6 is 0 Å². The molecule has 6 heteroatoms. The van der Waals surface area contributed by atoms with Crippen LogP contribution in [0.4, 0.5) is 0 Å². The van der Waals surface area contributed by atoms with E-state index in [2.05, 4.69) is 0 Å². The molecule has 0 saturated carbocycles. The summed E-state index contributed by atoms with van der Waals surface area (Å²) < 4.78 is 36.1. The number of hydrogen-bond donors (Lipinski definition) is 0. The number of hydrogen-bond acceptors (Lipinski definition) is 4. The van der Waals surface area contributed by atoms with Crippen LogP contribution < -0.4 is 4.18 Å². The molecule has 20 heavy (non-hydrogen) atoms. The minimum Gasteiger partial charge on any atom is -0.464 e. The second-order valence-corrected chi connectivity index (χ2v) is 5.64. The van der Waals surface area contributed by atoms with Crippen molar-refractivity contribution in [3.63, 3.8) is 0 Å². The highest BCUT2D eigenvalue weighted by atomic mass is 32.2. The largest absolute Gasteiger partial charge is 0.464 e. The molecule has 0 unspecified atom stereocenters. The van der Waals surface area contributed by atoms with Gasteiger partial charge in [-0.3, -0.25) is 0 Å². The lowest BCUT2D eigenvalue weighted by molar-refractivity contribution is 0.376. The molecule has 0 bridgehead atoms. The van der Waals surface area contributed by atoms with Gasteiger partial charge in [0.1, 0.15) is 5.76 Å². The van der Waals surface area contributed by atoms with E-state index in [1.165, 1.54) is 10.6 Å². The first-order chi connectivity index (χ1) is 9.58. The van der Waals surface area contributed by atoms with Crippen LogP contribution in [0.1, 0.15) is 13.8 Å². The Morgan fingerprint density at radius 2 is 1.80 bits per heavy atom. The quantitative estimate of drug-likeness (QED) is 0.822. The zero-order chi connectivity index (χ0) is 14.6. The maximum Gasteiger partial charge on any atom is 0.385 e. The second-order valence-electron chi connectivity index (χ2n) is 4.10. The van der Waals surface area contributed by atoms with Gasteiger partial charge < -0.3 is 8.60 Å². The molecule has 0 spiro atoms. The van der Waals surface area contributed by atoms with Gasteiger partial charge in [0, 0.05) is 13.1 Å². The molecule has 1 aromatic heterocycles. The average Bonchev–Trinajstić information content (AvgIpc) is 2.93. The van der Waals surface area contributed by atoms with Crippen LogP contribution in [-0.2, 0) is 10.3 Å². The maximum atomic E-state index is 12.2. The molecule has 0 saturated heterocycles. The van der Waals surface area contributed by atoms with Gasteiger partial charge in [-0.25, -0.2) is 0 Å². The van der Waals surface area contributed by atoms with Crippen molar-refractivity contribution < 1.29 is 17.0 Å².